The second-order valence-electron chi connectivity index (χ2n) is 6.09. The van der Waals surface area contributed by atoms with Crippen molar-refractivity contribution in [1.29, 1.82) is 5.26 Å². The van der Waals surface area contributed by atoms with Crippen molar-refractivity contribution in [3.8, 4) is 6.07 Å². The zero-order valence-corrected chi connectivity index (χ0v) is 14.5. The van der Waals surface area contributed by atoms with E-state index < -0.39 is 11.8 Å². The van der Waals surface area contributed by atoms with Crippen molar-refractivity contribution in [2.45, 2.75) is 25.3 Å². The summed E-state index contributed by atoms with van der Waals surface area (Å²) >= 11 is 0. The highest BCUT2D eigenvalue weighted by atomic mass is 16.5. The maximum absolute atomic E-state index is 12.1. The topological polar surface area (TPSA) is 94.5 Å². The number of carbonyl (C=O) groups excluding carboxylic acids is 2. The van der Waals surface area contributed by atoms with Gasteiger partial charge in [-0.05, 0) is 37.1 Å². The number of methoxy groups -OCH3 is 1. The van der Waals surface area contributed by atoms with E-state index in [9.17, 15) is 9.59 Å². The number of hydrogen-bond donors (Lipinski definition) is 2. The molecule has 0 saturated carbocycles. The molecule has 0 aromatic heterocycles. The first kappa shape index (κ1) is 18.9. The molecule has 1 aliphatic heterocycles. The largest absolute Gasteiger partial charge is 0.383 e. The number of amides is 2. The van der Waals surface area contributed by atoms with Gasteiger partial charge in [0.15, 0.2) is 0 Å². The summed E-state index contributed by atoms with van der Waals surface area (Å²) in [6, 6.07) is 8.92. The lowest BCUT2D eigenvalue weighted by molar-refractivity contribution is -0.136. The number of nitriles is 1. The number of piperidine rings is 1. The standard InChI is InChI=1S/C18H24N4O3/c1-25-12-11-22-10-2-3-16(13-22)21-18(24)17(23)20-15-6-4-14(5-7-15)8-9-19/h4-7,16H,2-3,8,10-13H2,1H3,(H,20,23)(H,21,24)/t16-/m1/s1. The maximum Gasteiger partial charge on any atom is 0.313 e. The molecule has 1 aliphatic rings. The summed E-state index contributed by atoms with van der Waals surface area (Å²) in [7, 11) is 1.67. The predicted molar refractivity (Wildman–Crippen MR) is 93.9 cm³/mol. The zero-order chi connectivity index (χ0) is 18.1. The van der Waals surface area contributed by atoms with E-state index in [1.54, 1.807) is 31.4 Å². The summed E-state index contributed by atoms with van der Waals surface area (Å²) in [5, 5.41) is 14.0. The van der Waals surface area contributed by atoms with Crippen LogP contribution in [0.2, 0.25) is 0 Å². The van der Waals surface area contributed by atoms with E-state index in [1.165, 1.54) is 0 Å². The van der Waals surface area contributed by atoms with Gasteiger partial charge >= 0.3 is 11.8 Å². The highest BCUT2D eigenvalue weighted by Gasteiger charge is 2.23. The van der Waals surface area contributed by atoms with Gasteiger partial charge in [-0.2, -0.15) is 5.26 Å². The molecule has 1 fully saturated rings. The number of nitrogens with one attached hydrogen (secondary N) is 2. The lowest BCUT2D eigenvalue weighted by atomic mass is 10.1. The molecule has 0 aliphatic carbocycles. The van der Waals surface area contributed by atoms with Gasteiger partial charge in [0.25, 0.3) is 0 Å². The number of hydrogen-bond acceptors (Lipinski definition) is 5. The van der Waals surface area contributed by atoms with Crippen LogP contribution in [0.4, 0.5) is 5.69 Å². The van der Waals surface area contributed by atoms with E-state index >= 15 is 0 Å². The number of ether oxygens (including phenoxy) is 1. The van der Waals surface area contributed by atoms with Gasteiger partial charge in [-0.25, -0.2) is 0 Å². The number of anilines is 1. The molecule has 1 aromatic rings. The van der Waals surface area contributed by atoms with E-state index in [-0.39, 0.29) is 6.04 Å². The van der Waals surface area contributed by atoms with Crippen LogP contribution in [0.5, 0.6) is 0 Å². The molecule has 7 heteroatoms. The van der Waals surface area contributed by atoms with E-state index in [0.29, 0.717) is 18.7 Å². The van der Waals surface area contributed by atoms with Crippen LogP contribution >= 0.6 is 0 Å². The average Bonchev–Trinajstić information content (AvgIpc) is 2.62. The molecule has 2 rings (SSSR count). The molecular formula is C18H24N4O3. The minimum Gasteiger partial charge on any atom is -0.383 e. The van der Waals surface area contributed by atoms with Crippen LogP contribution < -0.4 is 10.6 Å². The van der Waals surface area contributed by atoms with Gasteiger partial charge in [0, 0.05) is 31.9 Å². The molecule has 1 heterocycles. The Morgan fingerprint density at radius 1 is 1.32 bits per heavy atom. The number of likely N-dealkylation sites (tertiary alicyclic amines) is 1. The number of benzene rings is 1. The van der Waals surface area contributed by atoms with Gasteiger partial charge in [0.2, 0.25) is 0 Å². The van der Waals surface area contributed by atoms with E-state index in [4.69, 9.17) is 10.00 Å². The van der Waals surface area contributed by atoms with Crippen molar-refractivity contribution >= 4 is 17.5 Å². The second-order valence-corrected chi connectivity index (χ2v) is 6.09. The lowest BCUT2D eigenvalue weighted by Gasteiger charge is -2.32. The molecule has 134 valence electrons. The highest BCUT2D eigenvalue weighted by Crippen LogP contribution is 2.11. The third-order valence-electron chi connectivity index (χ3n) is 4.15. The highest BCUT2D eigenvalue weighted by molar-refractivity contribution is 6.39. The first-order valence-corrected chi connectivity index (χ1v) is 8.41. The molecule has 1 aromatic carbocycles. The van der Waals surface area contributed by atoms with Crippen LogP contribution in [-0.2, 0) is 20.7 Å². The normalized spacial score (nSPS) is 17.5. The van der Waals surface area contributed by atoms with Crippen LogP contribution in [0.1, 0.15) is 18.4 Å². The third kappa shape index (κ3) is 6.18. The molecule has 0 radical (unpaired) electrons. The molecule has 25 heavy (non-hydrogen) atoms. The van der Waals surface area contributed by atoms with Crippen molar-refractivity contribution in [2.24, 2.45) is 0 Å². The Morgan fingerprint density at radius 2 is 2.08 bits per heavy atom. The monoisotopic (exact) mass is 344 g/mol. The van der Waals surface area contributed by atoms with Gasteiger partial charge < -0.3 is 15.4 Å². The summed E-state index contributed by atoms with van der Waals surface area (Å²) in [5.41, 5.74) is 1.40. The second kappa shape index (κ2) is 9.77. The maximum atomic E-state index is 12.1. The van der Waals surface area contributed by atoms with Gasteiger partial charge in [0.05, 0.1) is 19.1 Å². The van der Waals surface area contributed by atoms with Crippen LogP contribution in [0.3, 0.4) is 0 Å². The van der Waals surface area contributed by atoms with Crippen LogP contribution in [0, 0.1) is 11.3 Å². The molecular weight excluding hydrogens is 320 g/mol. The quantitative estimate of drug-likeness (QED) is 0.748. The zero-order valence-electron chi connectivity index (χ0n) is 14.5. The first-order valence-electron chi connectivity index (χ1n) is 8.41. The van der Waals surface area contributed by atoms with Gasteiger partial charge in [-0.1, -0.05) is 12.1 Å². The Hall–Kier alpha value is -2.43. The Morgan fingerprint density at radius 3 is 2.76 bits per heavy atom. The fourth-order valence-electron chi connectivity index (χ4n) is 2.83. The van der Waals surface area contributed by atoms with E-state index in [1.807, 2.05) is 0 Å². The number of rotatable bonds is 6. The fourth-order valence-corrected chi connectivity index (χ4v) is 2.83. The molecule has 7 nitrogen and oxygen atoms in total. The van der Waals surface area contributed by atoms with E-state index in [0.717, 1.165) is 38.0 Å². The predicted octanol–water partition coefficient (Wildman–Crippen LogP) is 0.918. The average molecular weight is 344 g/mol. The summed E-state index contributed by atoms with van der Waals surface area (Å²) in [5.74, 6) is -1.30. The van der Waals surface area contributed by atoms with Crippen molar-refractivity contribution < 1.29 is 14.3 Å². The van der Waals surface area contributed by atoms with Crippen LogP contribution in [0.25, 0.3) is 0 Å². The van der Waals surface area contributed by atoms with Gasteiger partial charge in [0.1, 0.15) is 0 Å². The molecule has 0 bridgehead atoms. The van der Waals surface area contributed by atoms with E-state index in [2.05, 4.69) is 21.6 Å². The van der Waals surface area contributed by atoms with Crippen molar-refractivity contribution in [3.63, 3.8) is 0 Å². The van der Waals surface area contributed by atoms with Crippen LogP contribution in [0.15, 0.2) is 24.3 Å². The summed E-state index contributed by atoms with van der Waals surface area (Å²) < 4.78 is 5.08. The summed E-state index contributed by atoms with van der Waals surface area (Å²) in [4.78, 5) is 26.4. The lowest BCUT2D eigenvalue weighted by Crippen LogP contribution is -2.50. The summed E-state index contributed by atoms with van der Waals surface area (Å²) in [6.45, 7) is 3.19. The Kier molecular flexibility index (Phi) is 7.38. The molecule has 2 N–H and O–H groups in total. The van der Waals surface area contributed by atoms with Crippen molar-refractivity contribution in [1.82, 2.24) is 10.2 Å². The molecule has 1 atom stereocenters. The van der Waals surface area contributed by atoms with Gasteiger partial charge in [-0.15, -0.1) is 0 Å². The molecule has 2 amide bonds. The molecule has 0 unspecified atom stereocenters. The van der Waals surface area contributed by atoms with Crippen molar-refractivity contribution in [2.75, 3.05) is 38.7 Å². The smallest absolute Gasteiger partial charge is 0.313 e. The summed E-state index contributed by atoms with van der Waals surface area (Å²) in [6.07, 6.45) is 2.16. The molecule has 1 saturated heterocycles. The van der Waals surface area contributed by atoms with Gasteiger partial charge in [-0.3, -0.25) is 14.5 Å². The molecule has 0 spiro atoms. The van der Waals surface area contributed by atoms with Crippen molar-refractivity contribution in [3.05, 3.63) is 29.8 Å². The van der Waals surface area contributed by atoms with Crippen LogP contribution in [-0.4, -0.2) is 56.1 Å². The third-order valence-corrected chi connectivity index (χ3v) is 4.15. The first-order chi connectivity index (χ1) is 12.1. The minimum atomic E-state index is -0.679. The minimum absolute atomic E-state index is 0.0261. The SMILES string of the molecule is COCCN1CCC[C@@H](NC(=O)C(=O)Nc2ccc(CC#N)cc2)C1. The Labute approximate surface area is 147 Å². The number of carbonyl (C=O) groups is 2. The Balaban J connectivity index is 1.81. The number of nitrogens with zero attached hydrogens (tertiary/aromatic N) is 2. The fraction of sp³-hybridized carbons (Fsp3) is 0.500. The Bertz CT molecular complexity index is 624.